The Hall–Kier alpha value is -2.48. The third-order valence-electron chi connectivity index (χ3n) is 3.55. The van der Waals surface area contributed by atoms with E-state index in [1.54, 1.807) is 6.92 Å². The predicted octanol–water partition coefficient (Wildman–Crippen LogP) is 2.61. The maximum absolute atomic E-state index is 13.0. The smallest absolute Gasteiger partial charge is 0.241 e. The fraction of sp³-hybridized carbons (Fsp3) is 0.235. The molecule has 0 saturated carbocycles. The Bertz CT molecular complexity index is 837. The van der Waals surface area contributed by atoms with Crippen molar-refractivity contribution in [3.63, 3.8) is 0 Å². The second kappa shape index (κ2) is 7.60. The number of carbonyl (C=O) groups excluding carboxylic acids is 1. The molecule has 0 unspecified atom stereocenters. The zero-order valence-electron chi connectivity index (χ0n) is 13.7. The molecule has 25 heavy (non-hydrogen) atoms. The summed E-state index contributed by atoms with van der Waals surface area (Å²) < 4.78 is 50.8. The largest absolute Gasteiger partial charge is 0.348 e. The second-order valence-corrected chi connectivity index (χ2v) is 7.49. The van der Waals surface area contributed by atoms with Crippen LogP contribution >= 0.6 is 0 Å². The van der Waals surface area contributed by atoms with Gasteiger partial charge in [0.15, 0.2) is 0 Å². The number of amides is 1. The van der Waals surface area contributed by atoms with Crippen LogP contribution < -0.4 is 9.62 Å². The molecule has 2 rings (SSSR count). The Kier molecular flexibility index (Phi) is 5.73. The van der Waals surface area contributed by atoms with Gasteiger partial charge in [-0.05, 0) is 48.9 Å². The van der Waals surface area contributed by atoms with Crippen molar-refractivity contribution in [3.05, 3.63) is 65.7 Å². The quantitative estimate of drug-likeness (QED) is 0.852. The Morgan fingerprint density at radius 1 is 1.04 bits per heavy atom. The molecule has 0 fully saturated rings. The molecule has 0 aliphatic heterocycles. The summed E-state index contributed by atoms with van der Waals surface area (Å²) in [5.41, 5.74) is 0.871. The fourth-order valence-corrected chi connectivity index (χ4v) is 3.12. The van der Waals surface area contributed by atoms with Gasteiger partial charge in [0.2, 0.25) is 15.9 Å². The maximum atomic E-state index is 13.0. The van der Waals surface area contributed by atoms with Crippen molar-refractivity contribution in [2.45, 2.75) is 13.0 Å². The summed E-state index contributed by atoms with van der Waals surface area (Å²) in [7, 11) is -3.73. The van der Waals surface area contributed by atoms with E-state index in [0.29, 0.717) is 5.56 Å². The molecule has 8 heteroatoms. The van der Waals surface area contributed by atoms with Gasteiger partial charge in [-0.15, -0.1) is 0 Å². The Balaban J connectivity index is 2.12. The van der Waals surface area contributed by atoms with E-state index in [-0.39, 0.29) is 11.5 Å². The standard InChI is InChI=1S/C17H18F2N2O3S/c1-12(13-3-5-14(18)6-4-13)20-17(22)11-21(25(2,23)24)16-9-7-15(19)8-10-16/h3-10,12H,11H2,1-2H3,(H,20,22)/t12-/m0/s1. The zero-order chi connectivity index (χ0) is 18.6. The van der Waals surface area contributed by atoms with Gasteiger partial charge in [0, 0.05) is 0 Å². The van der Waals surface area contributed by atoms with Crippen molar-refractivity contribution >= 4 is 21.6 Å². The van der Waals surface area contributed by atoms with Gasteiger partial charge in [0.25, 0.3) is 0 Å². The van der Waals surface area contributed by atoms with Crippen LogP contribution in [0.4, 0.5) is 14.5 Å². The van der Waals surface area contributed by atoms with Gasteiger partial charge in [0.1, 0.15) is 18.2 Å². The average Bonchev–Trinajstić information content (AvgIpc) is 2.53. The number of benzene rings is 2. The monoisotopic (exact) mass is 368 g/mol. The summed E-state index contributed by atoms with van der Waals surface area (Å²) in [6.45, 7) is 1.25. The highest BCUT2D eigenvalue weighted by Gasteiger charge is 2.22. The van der Waals surface area contributed by atoms with Crippen LogP contribution in [0.15, 0.2) is 48.5 Å². The van der Waals surface area contributed by atoms with Crippen LogP contribution in [0.5, 0.6) is 0 Å². The van der Waals surface area contributed by atoms with Crippen LogP contribution in [-0.2, 0) is 14.8 Å². The Morgan fingerprint density at radius 3 is 2.00 bits per heavy atom. The minimum atomic E-state index is -3.73. The van der Waals surface area contributed by atoms with Crippen LogP contribution in [0, 0.1) is 11.6 Å². The van der Waals surface area contributed by atoms with E-state index >= 15 is 0 Å². The first-order valence-electron chi connectivity index (χ1n) is 7.45. The molecule has 1 atom stereocenters. The predicted molar refractivity (Wildman–Crippen MR) is 91.5 cm³/mol. The molecule has 2 aromatic carbocycles. The lowest BCUT2D eigenvalue weighted by atomic mass is 10.1. The average molecular weight is 368 g/mol. The number of carbonyl (C=O) groups is 1. The normalized spacial score (nSPS) is 12.5. The summed E-state index contributed by atoms with van der Waals surface area (Å²) in [5, 5.41) is 2.66. The number of nitrogens with zero attached hydrogens (tertiary/aromatic N) is 1. The van der Waals surface area contributed by atoms with Gasteiger partial charge in [0.05, 0.1) is 18.0 Å². The van der Waals surface area contributed by atoms with Crippen molar-refractivity contribution in [1.82, 2.24) is 5.32 Å². The van der Waals surface area contributed by atoms with Crippen LogP contribution in [0.3, 0.4) is 0 Å². The van der Waals surface area contributed by atoms with Crippen molar-refractivity contribution < 1.29 is 22.0 Å². The number of nitrogens with one attached hydrogen (secondary N) is 1. The molecule has 134 valence electrons. The topological polar surface area (TPSA) is 66.5 Å². The van der Waals surface area contributed by atoms with Gasteiger partial charge in [-0.1, -0.05) is 12.1 Å². The summed E-state index contributed by atoms with van der Waals surface area (Å²) in [5.74, 6) is -1.43. The molecular weight excluding hydrogens is 350 g/mol. The van der Waals surface area contributed by atoms with Gasteiger partial charge in [-0.2, -0.15) is 0 Å². The van der Waals surface area contributed by atoms with Crippen LogP contribution in [0.2, 0.25) is 0 Å². The number of rotatable bonds is 6. The van der Waals surface area contributed by atoms with Gasteiger partial charge in [-0.3, -0.25) is 9.10 Å². The molecule has 0 spiro atoms. The van der Waals surface area contributed by atoms with Gasteiger partial charge < -0.3 is 5.32 Å². The molecule has 0 aliphatic rings. The van der Waals surface area contributed by atoms with Crippen LogP contribution in [-0.4, -0.2) is 27.1 Å². The molecule has 0 radical (unpaired) electrons. The van der Waals surface area contributed by atoms with Crippen LogP contribution in [0.1, 0.15) is 18.5 Å². The molecule has 1 amide bonds. The van der Waals surface area contributed by atoms with E-state index in [4.69, 9.17) is 0 Å². The number of sulfonamides is 1. The fourth-order valence-electron chi connectivity index (χ4n) is 2.26. The number of hydrogen-bond acceptors (Lipinski definition) is 3. The number of halogens is 2. The highest BCUT2D eigenvalue weighted by molar-refractivity contribution is 7.92. The molecular formula is C17H18F2N2O3S. The van der Waals surface area contributed by atoms with Gasteiger partial charge >= 0.3 is 0 Å². The zero-order valence-corrected chi connectivity index (χ0v) is 14.6. The molecule has 0 heterocycles. The second-order valence-electron chi connectivity index (χ2n) is 5.59. The van der Waals surface area contributed by atoms with E-state index in [0.717, 1.165) is 22.7 Å². The molecule has 2 aromatic rings. The lowest BCUT2D eigenvalue weighted by Gasteiger charge is -2.23. The van der Waals surface area contributed by atoms with E-state index in [9.17, 15) is 22.0 Å². The van der Waals surface area contributed by atoms with E-state index < -0.39 is 34.3 Å². The minimum Gasteiger partial charge on any atom is -0.348 e. The van der Waals surface area contributed by atoms with Crippen molar-refractivity contribution in [2.24, 2.45) is 0 Å². The summed E-state index contributed by atoms with van der Waals surface area (Å²) in [4.78, 5) is 12.2. The molecule has 0 aliphatic carbocycles. The highest BCUT2D eigenvalue weighted by atomic mass is 32.2. The molecule has 1 N–H and O–H groups in total. The van der Waals surface area contributed by atoms with Gasteiger partial charge in [-0.25, -0.2) is 17.2 Å². The summed E-state index contributed by atoms with van der Waals surface area (Å²) in [6, 6.07) is 10.0. The minimum absolute atomic E-state index is 0.188. The Morgan fingerprint density at radius 2 is 1.52 bits per heavy atom. The SMILES string of the molecule is C[C@H](NC(=O)CN(c1ccc(F)cc1)S(C)(=O)=O)c1ccc(F)cc1. The summed E-state index contributed by atoms with van der Waals surface area (Å²) in [6.07, 6.45) is 0.965. The lowest BCUT2D eigenvalue weighted by molar-refractivity contribution is -0.120. The van der Waals surface area contributed by atoms with E-state index in [2.05, 4.69) is 5.32 Å². The lowest BCUT2D eigenvalue weighted by Crippen LogP contribution is -2.41. The third kappa shape index (κ3) is 5.25. The highest BCUT2D eigenvalue weighted by Crippen LogP contribution is 2.18. The van der Waals surface area contributed by atoms with E-state index in [1.807, 2.05) is 0 Å². The number of anilines is 1. The van der Waals surface area contributed by atoms with Crippen molar-refractivity contribution in [3.8, 4) is 0 Å². The Labute approximate surface area is 145 Å². The number of hydrogen-bond donors (Lipinski definition) is 1. The maximum Gasteiger partial charge on any atom is 0.241 e. The first-order valence-corrected chi connectivity index (χ1v) is 9.30. The molecule has 0 aromatic heterocycles. The summed E-state index contributed by atoms with van der Waals surface area (Å²) >= 11 is 0. The third-order valence-corrected chi connectivity index (χ3v) is 4.69. The van der Waals surface area contributed by atoms with Crippen molar-refractivity contribution in [1.29, 1.82) is 0 Å². The van der Waals surface area contributed by atoms with E-state index in [1.165, 1.54) is 36.4 Å². The van der Waals surface area contributed by atoms with Crippen LogP contribution in [0.25, 0.3) is 0 Å². The molecule has 0 saturated heterocycles. The first-order chi connectivity index (χ1) is 11.7. The first kappa shape index (κ1) is 18.9. The molecule has 5 nitrogen and oxygen atoms in total. The van der Waals surface area contributed by atoms with Crippen molar-refractivity contribution in [2.75, 3.05) is 17.1 Å². The molecule has 0 bridgehead atoms.